The van der Waals surface area contributed by atoms with Crippen molar-refractivity contribution < 1.29 is 0 Å². The minimum absolute atomic E-state index is 0. The Hall–Kier alpha value is 0.490. The molecule has 0 aliphatic carbocycles. The summed E-state index contributed by atoms with van der Waals surface area (Å²) >= 11 is 7.98. The van der Waals surface area contributed by atoms with Crippen LogP contribution in [0.25, 0.3) is 0 Å². The molecule has 4 heteroatoms. The molecular formula is C7H8Cl2IN. The highest BCUT2D eigenvalue weighted by Gasteiger charge is 1.96. The lowest BCUT2D eigenvalue weighted by molar-refractivity contribution is 1.06. The largest absolute Gasteiger partial charge is 0.326 e. The maximum absolute atomic E-state index is 5.74. The van der Waals surface area contributed by atoms with Gasteiger partial charge in [0.15, 0.2) is 0 Å². The van der Waals surface area contributed by atoms with Crippen LogP contribution in [0.15, 0.2) is 18.2 Å². The SMILES string of the molecule is Cl.NCc1cc(Cl)ccc1I. The maximum Gasteiger partial charge on any atom is 0.0409 e. The van der Waals surface area contributed by atoms with E-state index in [1.165, 1.54) is 3.57 Å². The summed E-state index contributed by atoms with van der Waals surface area (Å²) in [4.78, 5) is 0. The number of benzene rings is 1. The Morgan fingerprint density at radius 2 is 2.09 bits per heavy atom. The lowest BCUT2D eigenvalue weighted by atomic mass is 10.2. The van der Waals surface area contributed by atoms with Crippen molar-refractivity contribution in [3.63, 3.8) is 0 Å². The van der Waals surface area contributed by atoms with Gasteiger partial charge in [-0.05, 0) is 46.4 Å². The third-order valence-electron chi connectivity index (χ3n) is 1.23. The zero-order valence-corrected chi connectivity index (χ0v) is 9.41. The summed E-state index contributed by atoms with van der Waals surface area (Å²) in [7, 11) is 0. The fraction of sp³-hybridized carbons (Fsp3) is 0.143. The minimum Gasteiger partial charge on any atom is -0.326 e. The summed E-state index contributed by atoms with van der Waals surface area (Å²) in [5.74, 6) is 0. The average Bonchev–Trinajstić information content (AvgIpc) is 1.94. The van der Waals surface area contributed by atoms with Gasteiger partial charge in [0.25, 0.3) is 0 Å². The van der Waals surface area contributed by atoms with E-state index in [-0.39, 0.29) is 12.4 Å². The fourth-order valence-electron chi connectivity index (χ4n) is 0.700. The first-order chi connectivity index (χ1) is 4.74. The van der Waals surface area contributed by atoms with Gasteiger partial charge in [-0.25, -0.2) is 0 Å². The Bertz CT molecular complexity index is 240. The molecule has 0 saturated carbocycles. The molecule has 0 atom stereocenters. The molecule has 11 heavy (non-hydrogen) atoms. The van der Waals surface area contributed by atoms with Crippen LogP contribution in [0.5, 0.6) is 0 Å². The molecule has 0 spiro atoms. The molecule has 0 aliphatic heterocycles. The van der Waals surface area contributed by atoms with Crippen molar-refractivity contribution in [2.75, 3.05) is 0 Å². The molecule has 1 aromatic carbocycles. The standard InChI is InChI=1S/C7H7ClIN.ClH/c8-6-1-2-7(9)5(3-6)4-10;/h1-3H,4,10H2;1H. The molecule has 0 heterocycles. The van der Waals surface area contributed by atoms with E-state index in [9.17, 15) is 0 Å². The highest BCUT2D eigenvalue weighted by molar-refractivity contribution is 14.1. The molecule has 0 bridgehead atoms. The fourth-order valence-corrected chi connectivity index (χ4v) is 1.45. The number of rotatable bonds is 1. The Kier molecular flexibility index (Phi) is 5.42. The van der Waals surface area contributed by atoms with E-state index in [0.29, 0.717) is 6.54 Å². The second-order valence-corrected chi connectivity index (χ2v) is 3.54. The van der Waals surface area contributed by atoms with Gasteiger partial charge in [-0.15, -0.1) is 12.4 Å². The van der Waals surface area contributed by atoms with Crippen LogP contribution in [0, 0.1) is 3.57 Å². The quantitative estimate of drug-likeness (QED) is 0.793. The Morgan fingerprint density at radius 3 is 2.55 bits per heavy atom. The first-order valence-electron chi connectivity index (χ1n) is 2.88. The smallest absolute Gasteiger partial charge is 0.0409 e. The van der Waals surface area contributed by atoms with E-state index in [1.807, 2.05) is 18.2 Å². The molecule has 1 nitrogen and oxygen atoms in total. The van der Waals surface area contributed by atoms with E-state index in [4.69, 9.17) is 17.3 Å². The van der Waals surface area contributed by atoms with Crippen LogP contribution < -0.4 is 5.73 Å². The predicted octanol–water partition coefficient (Wildman–Crippen LogP) is 2.83. The van der Waals surface area contributed by atoms with Crippen LogP contribution in [0.1, 0.15) is 5.56 Å². The van der Waals surface area contributed by atoms with Crippen molar-refractivity contribution in [3.05, 3.63) is 32.4 Å². The Balaban J connectivity index is 0.000001000. The molecule has 2 N–H and O–H groups in total. The molecule has 0 radical (unpaired) electrons. The molecule has 0 amide bonds. The van der Waals surface area contributed by atoms with Crippen molar-refractivity contribution in [2.24, 2.45) is 5.73 Å². The highest BCUT2D eigenvalue weighted by atomic mass is 127. The third kappa shape index (κ3) is 3.15. The Morgan fingerprint density at radius 1 is 1.45 bits per heavy atom. The van der Waals surface area contributed by atoms with Crippen molar-refractivity contribution >= 4 is 46.6 Å². The van der Waals surface area contributed by atoms with Crippen molar-refractivity contribution in [1.82, 2.24) is 0 Å². The van der Waals surface area contributed by atoms with Crippen LogP contribution in [0.2, 0.25) is 5.02 Å². The van der Waals surface area contributed by atoms with Gasteiger partial charge in [-0.3, -0.25) is 0 Å². The second-order valence-electron chi connectivity index (χ2n) is 1.94. The van der Waals surface area contributed by atoms with Gasteiger partial charge in [0.2, 0.25) is 0 Å². The third-order valence-corrected chi connectivity index (χ3v) is 2.52. The number of halogens is 3. The van der Waals surface area contributed by atoms with Crippen LogP contribution in [0.4, 0.5) is 0 Å². The molecule has 0 aromatic heterocycles. The molecule has 1 rings (SSSR count). The van der Waals surface area contributed by atoms with E-state index in [0.717, 1.165) is 10.6 Å². The molecule has 1 aromatic rings. The summed E-state index contributed by atoms with van der Waals surface area (Å²) in [6.07, 6.45) is 0. The van der Waals surface area contributed by atoms with Gasteiger partial charge in [0, 0.05) is 15.1 Å². The van der Waals surface area contributed by atoms with Gasteiger partial charge >= 0.3 is 0 Å². The first-order valence-corrected chi connectivity index (χ1v) is 4.33. The van der Waals surface area contributed by atoms with Crippen molar-refractivity contribution in [2.45, 2.75) is 6.54 Å². The summed E-state index contributed by atoms with van der Waals surface area (Å²) in [5.41, 5.74) is 6.56. The zero-order valence-electron chi connectivity index (χ0n) is 5.68. The zero-order chi connectivity index (χ0) is 7.56. The molecule has 0 unspecified atom stereocenters. The van der Waals surface area contributed by atoms with E-state index in [1.54, 1.807) is 0 Å². The van der Waals surface area contributed by atoms with Gasteiger partial charge in [0.05, 0.1) is 0 Å². The minimum atomic E-state index is 0. The monoisotopic (exact) mass is 303 g/mol. The van der Waals surface area contributed by atoms with Gasteiger partial charge in [-0.1, -0.05) is 11.6 Å². The predicted molar refractivity (Wildman–Crippen MR) is 59.3 cm³/mol. The van der Waals surface area contributed by atoms with E-state index >= 15 is 0 Å². The lowest BCUT2D eigenvalue weighted by Gasteiger charge is -1.99. The molecule has 0 aliphatic rings. The maximum atomic E-state index is 5.74. The van der Waals surface area contributed by atoms with E-state index in [2.05, 4.69) is 22.6 Å². The van der Waals surface area contributed by atoms with Crippen LogP contribution >= 0.6 is 46.6 Å². The summed E-state index contributed by atoms with van der Waals surface area (Å²) < 4.78 is 1.17. The highest BCUT2D eigenvalue weighted by Crippen LogP contribution is 2.16. The summed E-state index contributed by atoms with van der Waals surface area (Å²) in [6, 6.07) is 5.72. The number of hydrogen-bond donors (Lipinski definition) is 1. The number of nitrogens with two attached hydrogens (primary N) is 1. The van der Waals surface area contributed by atoms with Gasteiger partial charge < -0.3 is 5.73 Å². The van der Waals surface area contributed by atoms with Crippen LogP contribution in [-0.4, -0.2) is 0 Å². The van der Waals surface area contributed by atoms with Gasteiger partial charge in [-0.2, -0.15) is 0 Å². The van der Waals surface area contributed by atoms with Crippen LogP contribution in [0.3, 0.4) is 0 Å². The van der Waals surface area contributed by atoms with Crippen molar-refractivity contribution in [1.29, 1.82) is 0 Å². The molecule has 0 fully saturated rings. The first kappa shape index (κ1) is 11.5. The molecule has 62 valence electrons. The van der Waals surface area contributed by atoms with Crippen LogP contribution in [-0.2, 0) is 6.54 Å². The van der Waals surface area contributed by atoms with Crippen molar-refractivity contribution in [3.8, 4) is 0 Å². The average molecular weight is 304 g/mol. The topological polar surface area (TPSA) is 26.0 Å². The van der Waals surface area contributed by atoms with Gasteiger partial charge in [0.1, 0.15) is 0 Å². The number of hydrogen-bond acceptors (Lipinski definition) is 1. The summed E-state index contributed by atoms with van der Waals surface area (Å²) in [5, 5.41) is 0.751. The summed E-state index contributed by atoms with van der Waals surface area (Å²) in [6.45, 7) is 0.554. The Labute approximate surface area is 90.9 Å². The normalized spacial score (nSPS) is 9.00. The molecular weight excluding hydrogens is 296 g/mol. The van der Waals surface area contributed by atoms with E-state index < -0.39 is 0 Å². The second kappa shape index (κ2) is 5.19. The molecule has 0 saturated heterocycles. The lowest BCUT2D eigenvalue weighted by Crippen LogP contribution is -1.98.